The minimum absolute atomic E-state index is 0. The van der Waals surface area contributed by atoms with Crippen LogP contribution >= 0.6 is 15.8 Å². The van der Waals surface area contributed by atoms with E-state index in [2.05, 4.69) is 244 Å². The van der Waals surface area contributed by atoms with Crippen LogP contribution in [0.15, 0.2) is 216 Å². The third-order valence-corrected chi connectivity index (χ3v) is 15.1. The van der Waals surface area contributed by atoms with Gasteiger partial charge in [-0.1, -0.05) is 194 Å². The molecule has 0 bridgehead atoms. The first-order valence-electron chi connectivity index (χ1n) is 19.4. The van der Waals surface area contributed by atoms with Crippen molar-refractivity contribution in [2.24, 2.45) is 0 Å². The molecule has 6 aromatic rings. The van der Waals surface area contributed by atoms with Gasteiger partial charge in [-0.3, -0.25) is 9.80 Å². The summed E-state index contributed by atoms with van der Waals surface area (Å²) in [6, 6.07) is 65.7. The van der Waals surface area contributed by atoms with E-state index in [4.69, 9.17) is 0 Å². The molecular formula is C52H50FeN2P2. The SMILES string of the molecule is CN(C)C(C1=CC[C]=C1P(c1ccccc1)c1ccccc1)c1ccccc1.CN(C)C(C1=[C]CC=C1P(c1ccccc1)c1ccccc1)c1ccccc1.[Fe]. The Morgan fingerprint density at radius 1 is 0.421 bits per heavy atom. The van der Waals surface area contributed by atoms with Gasteiger partial charge in [-0.05, 0) is 123 Å². The van der Waals surface area contributed by atoms with Gasteiger partial charge in [-0.25, -0.2) is 0 Å². The van der Waals surface area contributed by atoms with E-state index in [0.29, 0.717) is 0 Å². The van der Waals surface area contributed by atoms with Crippen molar-refractivity contribution in [1.82, 2.24) is 9.80 Å². The predicted molar refractivity (Wildman–Crippen MR) is 243 cm³/mol. The fraction of sp³-hybridized carbons (Fsp3) is 0.154. The van der Waals surface area contributed by atoms with Crippen LogP contribution in [0, 0.1) is 12.2 Å². The first-order valence-corrected chi connectivity index (χ1v) is 22.0. The van der Waals surface area contributed by atoms with Crippen LogP contribution in [0.4, 0.5) is 0 Å². The first-order chi connectivity index (χ1) is 27.5. The van der Waals surface area contributed by atoms with Gasteiger partial charge in [0, 0.05) is 17.1 Å². The van der Waals surface area contributed by atoms with Gasteiger partial charge in [0.25, 0.3) is 0 Å². The Bertz CT molecular complexity index is 2010. The molecule has 2 aliphatic carbocycles. The summed E-state index contributed by atoms with van der Waals surface area (Å²) in [4.78, 5) is 4.62. The van der Waals surface area contributed by atoms with Crippen LogP contribution in [0.3, 0.4) is 0 Å². The average molecular weight is 821 g/mol. The van der Waals surface area contributed by atoms with Crippen molar-refractivity contribution in [3.8, 4) is 0 Å². The van der Waals surface area contributed by atoms with Gasteiger partial charge in [-0.2, -0.15) is 0 Å². The molecule has 0 saturated heterocycles. The van der Waals surface area contributed by atoms with E-state index in [9.17, 15) is 0 Å². The largest absolute Gasteiger partial charge is 0.299 e. The van der Waals surface area contributed by atoms with Crippen molar-refractivity contribution < 1.29 is 17.1 Å². The molecule has 0 fully saturated rings. The number of likely N-dealkylation sites (N-methyl/N-ethyl adjacent to an activating group) is 2. The molecule has 0 saturated carbocycles. The van der Waals surface area contributed by atoms with Gasteiger partial charge < -0.3 is 0 Å². The third kappa shape index (κ3) is 10.2. The number of hydrogen-bond donors (Lipinski definition) is 0. The minimum atomic E-state index is -0.628. The molecule has 0 N–H and O–H groups in total. The zero-order valence-electron chi connectivity index (χ0n) is 33.2. The van der Waals surface area contributed by atoms with E-state index in [0.717, 1.165) is 12.8 Å². The Balaban J connectivity index is 0.000000189. The molecule has 2 nitrogen and oxygen atoms in total. The average Bonchev–Trinajstić information content (AvgIpc) is 3.91. The van der Waals surface area contributed by atoms with Crippen LogP contribution in [-0.2, 0) is 17.1 Å². The zero-order valence-corrected chi connectivity index (χ0v) is 36.1. The second-order valence-electron chi connectivity index (χ2n) is 14.3. The van der Waals surface area contributed by atoms with Crippen molar-refractivity contribution in [2.75, 3.05) is 28.2 Å². The third-order valence-electron chi connectivity index (χ3n) is 10.1. The summed E-state index contributed by atoms with van der Waals surface area (Å²) in [5.41, 5.74) is 5.37. The Morgan fingerprint density at radius 3 is 1.18 bits per heavy atom. The van der Waals surface area contributed by atoms with Crippen LogP contribution in [0.2, 0.25) is 0 Å². The Morgan fingerprint density at radius 2 is 0.772 bits per heavy atom. The zero-order chi connectivity index (χ0) is 38.7. The van der Waals surface area contributed by atoms with Gasteiger partial charge in [0.15, 0.2) is 0 Å². The molecule has 0 spiro atoms. The predicted octanol–water partition coefficient (Wildman–Crippen LogP) is 10.9. The standard InChI is InChI=1S/2C26H25NP.Fe/c2*1-27(2)26(21-13-6-3-7-14-21)24-19-12-20-25(24)28(22-15-8-4-9-16-22)23-17-10-5-11-18-23;/h3-11,13-18,20,26H,12H2,1-2H3;3-11,13-19,26H,12H2,1-2H3;. The minimum Gasteiger partial charge on any atom is -0.299 e. The fourth-order valence-corrected chi connectivity index (χ4v) is 12.7. The molecule has 286 valence electrons. The summed E-state index contributed by atoms with van der Waals surface area (Å²) in [6.07, 6.45) is 14.0. The smallest absolute Gasteiger partial charge is 0.0606 e. The molecule has 0 heterocycles. The van der Waals surface area contributed by atoms with Crippen LogP contribution < -0.4 is 21.2 Å². The Labute approximate surface area is 354 Å². The van der Waals surface area contributed by atoms with Crippen LogP contribution in [-0.4, -0.2) is 38.0 Å². The summed E-state index contributed by atoms with van der Waals surface area (Å²) < 4.78 is 0. The summed E-state index contributed by atoms with van der Waals surface area (Å²) in [6.45, 7) is 0. The molecule has 8 rings (SSSR count). The van der Waals surface area contributed by atoms with E-state index in [-0.39, 0.29) is 29.2 Å². The van der Waals surface area contributed by atoms with Gasteiger partial charge in [0.1, 0.15) is 0 Å². The molecule has 0 amide bonds. The molecule has 57 heavy (non-hydrogen) atoms. The summed E-state index contributed by atoms with van der Waals surface area (Å²) in [7, 11) is 7.43. The van der Waals surface area contributed by atoms with Gasteiger partial charge in [0.2, 0.25) is 0 Å². The number of hydrogen-bond acceptors (Lipinski definition) is 2. The molecule has 6 aromatic carbocycles. The van der Waals surface area contributed by atoms with E-state index >= 15 is 0 Å². The molecule has 2 atom stereocenters. The maximum absolute atomic E-state index is 3.74. The summed E-state index contributed by atoms with van der Waals surface area (Å²) in [5, 5.41) is 8.35. The molecule has 0 aliphatic heterocycles. The number of benzene rings is 6. The van der Waals surface area contributed by atoms with Crippen LogP contribution in [0.25, 0.3) is 0 Å². The van der Waals surface area contributed by atoms with Crippen molar-refractivity contribution in [1.29, 1.82) is 0 Å². The number of allylic oxidation sites excluding steroid dienone is 4. The molecule has 2 aliphatic rings. The maximum Gasteiger partial charge on any atom is 0.0606 e. The normalized spacial score (nSPS) is 14.6. The van der Waals surface area contributed by atoms with E-state index < -0.39 is 15.8 Å². The van der Waals surface area contributed by atoms with Crippen molar-refractivity contribution in [2.45, 2.75) is 24.9 Å². The monoisotopic (exact) mass is 820 g/mol. The molecular weight excluding hydrogens is 770 g/mol. The number of rotatable bonds is 12. The maximum atomic E-state index is 3.74. The second-order valence-corrected chi connectivity index (χ2v) is 18.7. The van der Waals surface area contributed by atoms with Crippen molar-refractivity contribution >= 4 is 37.1 Å². The van der Waals surface area contributed by atoms with Crippen LogP contribution in [0.1, 0.15) is 36.1 Å². The fourth-order valence-electron chi connectivity index (χ4n) is 7.70. The van der Waals surface area contributed by atoms with Crippen molar-refractivity contribution in [3.05, 3.63) is 239 Å². The second kappa shape index (κ2) is 20.8. The van der Waals surface area contributed by atoms with E-state index in [1.54, 1.807) is 0 Å². The molecule has 2 unspecified atom stereocenters. The van der Waals surface area contributed by atoms with Crippen molar-refractivity contribution in [3.63, 3.8) is 0 Å². The van der Waals surface area contributed by atoms with E-state index in [1.165, 1.54) is 54.1 Å². The van der Waals surface area contributed by atoms with Gasteiger partial charge >= 0.3 is 0 Å². The first kappa shape index (κ1) is 42.2. The van der Waals surface area contributed by atoms with Gasteiger partial charge in [0.05, 0.1) is 12.1 Å². The summed E-state index contributed by atoms with van der Waals surface area (Å²) >= 11 is 0. The molecule has 2 radical (unpaired) electrons. The molecule has 5 heteroatoms. The number of nitrogens with zero attached hydrogens (tertiary/aromatic N) is 2. The van der Waals surface area contributed by atoms with Crippen LogP contribution in [0.5, 0.6) is 0 Å². The topological polar surface area (TPSA) is 6.48 Å². The van der Waals surface area contributed by atoms with E-state index in [1.807, 2.05) is 0 Å². The molecule has 0 aromatic heterocycles. The Hall–Kier alpha value is -4.42. The Kier molecular flexibility index (Phi) is 15.4. The summed E-state index contributed by atoms with van der Waals surface area (Å²) in [5.74, 6) is 0. The van der Waals surface area contributed by atoms with Gasteiger partial charge in [-0.15, -0.1) is 0 Å². The quantitative estimate of drug-likeness (QED) is 0.0896.